The molecule has 0 aliphatic carbocycles. The second-order valence-corrected chi connectivity index (χ2v) is 4.24. The number of hydrogen-bond acceptors (Lipinski definition) is 3. The first-order valence-corrected chi connectivity index (χ1v) is 5.82. The number of fused-ring (bicyclic) bond motifs is 1. The van der Waals surface area contributed by atoms with E-state index in [4.69, 9.17) is 10.00 Å². The molecule has 0 N–H and O–H groups in total. The summed E-state index contributed by atoms with van der Waals surface area (Å²) >= 11 is 0. The molecule has 0 amide bonds. The van der Waals surface area contributed by atoms with Gasteiger partial charge in [-0.05, 0) is 30.3 Å². The van der Waals surface area contributed by atoms with E-state index in [2.05, 4.69) is 17.0 Å². The van der Waals surface area contributed by atoms with E-state index in [1.807, 2.05) is 42.5 Å². The van der Waals surface area contributed by atoms with Gasteiger partial charge in [-0.15, -0.1) is 0 Å². The fourth-order valence-electron chi connectivity index (χ4n) is 2.09. The first kappa shape index (κ1) is 10.7. The summed E-state index contributed by atoms with van der Waals surface area (Å²) in [6.07, 6.45) is 0. The molecular weight excluding hydrogens is 224 g/mol. The number of benzene rings is 2. The predicted octanol–water partition coefficient (Wildman–Crippen LogP) is 2.91. The Balaban J connectivity index is 1.85. The molecule has 1 heterocycles. The molecule has 88 valence electrons. The number of hydrogen-bond donors (Lipinski definition) is 0. The lowest BCUT2D eigenvalue weighted by molar-refractivity contribution is 0.289. The van der Waals surface area contributed by atoms with Crippen LogP contribution in [0.3, 0.4) is 0 Å². The maximum atomic E-state index is 8.78. The molecule has 0 radical (unpaired) electrons. The fourth-order valence-corrected chi connectivity index (χ4v) is 2.09. The molecule has 3 nitrogen and oxygen atoms in total. The molecule has 0 saturated carbocycles. The van der Waals surface area contributed by atoms with Gasteiger partial charge in [0.2, 0.25) is 0 Å². The summed E-state index contributed by atoms with van der Waals surface area (Å²) in [6, 6.07) is 17.8. The zero-order chi connectivity index (χ0) is 12.4. The Morgan fingerprint density at radius 2 is 1.83 bits per heavy atom. The molecule has 0 fully saturated rings. The highest BCUT2D eigenvalue weighted by Crippen LogP contribution is 2.27. The molecule has 0 aromatic heterocycles. The zero-order valence-electron chi connectivity index (χ0n) is 9.84. The van der Waals surface area contributed by atoms with Crippen molar-refractivity contribution in [2.24, 2.45) is 0 Å². The SMILES string of the molecule is N#Cc1ccc(N2COc3ccccc3C2)cc1. The van der Waals surface area contributed by atoms with Crippen LogP contribution in [-0.2, 0) is 6.54 Å². The maximum Gasteiger partial charge on any atom is 0.161 e. The van der Waals surface area contributed by atoms with E-state index in [0.29, 0.717) is 12.3 Å². The number of ether oxygens (including phenoxy) is 1. The van der Waals surface area contributed by atoms with Crippen molar-refractivity contribution >= 4 is 5.69 Å². The quantitative estimate of drug-likeness (QED) is 0.763. The van der Waals surface area contributed by atoms with Crippen molar-refractivity contribution in [2.75, 3.05) is 11.6 Å². The summed E-state index contributed by atoms with van der Waals surface area (Å²) in [5, 5.41) is 8.78. The molecule has 0 saturated heterocycles. The second-order valence-electron chi connectivity index (χ2n) is 4.24. The van der Waals surface area contributed by atoms with Crippen molar-refractivity contribution in [2.45, 2.75) is 6.54 Å². The molecule has 0 spiro atoms. The number of rotatable bonds is 1. The third-order valence-corrected chi connectivity index (χ3v) is 3.07. The van der Waals surface area contributed by atoms with Gasteiger partial charge in [-0.1, -0.05) is 18.2 Å². The molecule has 0 atom stereocenters. The molecule has 3 heteroatoms. The van der Waals surface area contributed by atoms with E-state index < -0.39 is 0 Å². The van der Waals surface area contributed by atoms with Crippen LogP contribution in [-0.4, -0.2) is 6.73 Å². The van der Waals surface area contributed by atoms with Crippen LogP contribution in [0.2, 0.25) is 0 Å². The smallest absolute Gasteiger partial charge is 0.161 e. The minimum Gasteiger partial charge on any atom is -0.473 e. The van der Waals surface area contributed by atoms with E-state index in [1.165, 1.54) is 5.56 Å². The predicted molar refractivity (Wildman–Crippen MR) is 69.3 cm³/mol. The number of para-hydroxylation sites is 1. The fraction of sp³-hybridized carbons (Fsp3) is 0.133. The standard InChI is InChI=1S/C15H12N2O/c16-9-12-5-7-14(8-6-12)17-10-13-3-1-2-4-15(13)18-11-17/h1-8H,10-11H2. The van der Waals surface area contributed by atoms with E-state index in [1.54, 1.807) is 0 Å². The van der Waals surface area contributed by atoms with E-state index in [0.717, 1.165) is 18.0 Å². The largest absolute Gasteiger partial charge is 0.473 e. The average Bonchev–Trinajstić information content (AvgIpc) is 2.47. The molecular formula is C15H12N2O. The minimum atomic E-state index is 0.545. The van der Waals surface area contributed by atoms with Crippen LogP contribution in [0.25, 0.3) is 0 Å². The normalized spacial score (nSPS) is 13.4. The molecule has 18 heavy (non-hydrogen) atoms. The average molecular weight is 236 g/mol. The van der Waals surface area contributed by atoms with Crippen LogP contribution < -0.4 is 9.64 Å². The molecule has 3 rings (SSSR count). The Kier molecular flexibility index (Phi) is 2.62. The minimum absolute atomic E-state index is 0.545. The molecule has 2 aromatic rings. The Bertz CT molecular complexity index is 599. The van der Waals surface area contributed by atoms with Crippen LogP contribution >= 0.6 is 0 Å². The third-order valence-electron chi connectivity index (χ3n) is 3.07. The topological polar surface area (TPSA) is 36.3 Å². The lowest BCUT2D eigenvalue weighted by Crippen LogP contribution is -2.31. The summed E-state index contributed by atoms with van der Waals surface area (Å²) in [6.45, 7) is 1.38. The van der Waals surface area contributed by atoms with Crippen molar-refractivity contribution in [1.29, 1.82) is 5.26 Å². The van der Waals surface area contributed by atoms with Crippen LogP contribution in [0.1, 0.15) is 11.1 Å². The van der Waals surface area contributed by atoms with Gasteiger partial charge in [-0.3, -0.25) is 0 Å². The highest BCUT2D eigenvalue weighted by Gasteiger charge is 2.16. The molecule has 0 unspecified atom stereocenters. The van der Waals surface area contributed by atoms with E-state index in [-0.39, 0.29) is 0 Å². The summed E-state index contributed by atoms with van der Waals surface area (Å²) in [7, 11) is 0. The van der Waals surface area contributed by atoms with Gasteiger partial charge in [-0.25, -0.2) is 0 Å². The number of nitriles is 1. The molecule has 0 bridgehead atoms. The van der Waals surface area contributed by atoms with Gasteiger partial charge in [-0.2, -0.15) is 5.26 Å². The van der Waals surface area contributed by atoms with Gasteiger partial charge in [0.05, 0.1) is 11.6 Å². The Morgan fingerprint density at radius 3 is 2.61 bits per heavy atom. The zero-order valence-corrected chi connectivity index (χ0v) is 9.84. The van der Waals surface area contributed by atoms with Crippen LogP contribution in [0.15, 0.2) is 48.5 Å². The molecule has 2 aromatic carbocycles. The highest BCUT2D eigenvalue weighted by molar-refractivity contribution is 5.52. The van der Waals surface area contributed by atoms with Crippen molar-refractivity contribution in [3.8, 4) is 11.8 Å². The maximum absolute atomic E-state index is 8.78. The number of anilines is 1. The van der Waals surface area contributed by atoms with Crippen molar-refractivity contribution in [3.63, 3.8) is 0 Å². The van der Waals surface area contributed by atoms with Crippen molar-refractivity contribution in [1.82, 2.24) is 0 Å². The monoisotopic (exact) mass is 236 g/mol. The summed E-state index contributed by atoms with van der Waals surface area (Å²) in [4.78, 5) is 2.14. The van der Waals surface area contributed by atoms with Gasteiger partial charge >= 0.3 is 0 Å². The highest BCUT2D eigenvalue weighted by atomic mass is 16.5. The lowest BCUT2D eigenvalue weighted by atomic mass is 10.1. The summed E-state index contributed by atoms with van der Waals surface area (Å²) < 4.78 is 5.71. The van der Waals surface area contributed by atoms with Gasteiger partial charge in [0.25, 0.3) is 0 Å². The second kappa shape index (κ2) is 4.42. The first-order chi connectivity index (χ1) is 8.86. The van der Waals surface area contributed by atoms with Gasteiger partial charge in [0.1, 0.15) is 5.75 Å². The number of nitrogens with zero attached hydrogens (tertiary/aromatic N) is 2. The van der Waals surface area contributed by atoms with E-state index >= 15 is 0 Å². The van der Waals surface area contributed by atoms with Gasteiger partial charge < -0.3 is 9.64 Å². The van der Waals surface area contributed by atoms with Crippen LogP contribution in [0, 0.1) is 11.3 Å². The Hall–Kier alpha value is -2.47. The van der Waals surface area contributed by atoms with Crippen LogP contribution in [0.5, 0.6) is 5.75 Å². The van der Waals surface area contributed by atoms with Crippen molar-refractivity contribution < 1.29 is 4.74 Å². The third kappa shape index (κ3) is 1.89. The first-order valence-electron chi connectivity index (χ1n) is 5.82. The molecule has 1 aliphatic heterocycles. The van der Waals surface area contributed by atoms with E-state index in [9.17, 15) is 0 Å². The van der Waals surface area contributed by atoms with Gasteiger partial charge in [0, 0.05) is 17.8 Å². The molecule has 1 aliphatic rings. The van der Waals surface area contributed by atoms with Crippen molar-refractivity contribution in [3.05, 3.63) is 59.7 Å². The Labute approximate surface area is 106 Å². The summed E-state index contributed by atoms with van der Waals surface area (Å²) in [5.41, 5.74) is 2.94. The van der Waals surface area contributed by atoms with Gasteiger partial charge in [0.15, 0.2) is 6.73 Å². The van der Waals surface area contributed by atoms with Crippen LogP contribution in [0.4, 0.5) is 5.69 Å². The lowest BCUT2D eigenvalue weighted by Gasteiger charge is -2.30. The summed E-state index contributed by atoms with van der Waals surface area (Å²) in [5.74, 6) is 0.961. The Morgan fingerprint density at radius 1 is 1.06 bits per heavy atom.